The second kappa shape index (κ2) is 10.0. The number of alkyl halides is 1. The molecule has 0 aromatic carbocycles. The van der Waals surface area contributed by atoms with Crippen molar-refractivity contribution in [2.24, 2.45) is 0 Å². The largest absolute Gasteiger partial charge is 0.465 e. The minimum Gasteiger partial charge on any atom is -0.465 e. The van der Waals surface area contributed by atoms with Gasteiger partial charge in [-0.15, -0.1) is 0 Å². The Hall–Kier alpha value is -0.0800. The zero-order valence-corrected chi connectivity index (χ0v) is 9.45. The van der Waals surface area contributed by atoms with Gasteiger partial charge in [-0.1, -0.05) is 22.6 Å². The summed E-state index contributed by atoms with van der Waals surface area (Å²) in [7, 11) is 0. The Morgan fingerprint density at radius 2 is 1.85 bits per heavy atom. The van der Waals surface area contributed by atoms with Gasteiger partial charge in [0.2, 0.25) is 0 Å². The smallest absolute Gasteiger partial charge is 0.404 e. The molecule has 0 saturated carbocycles. The second-order valence-corrected chi connectivity index (χ2v) is 3.22. The number of hydrogen-bond donors (Lipinski definition) is 2. The van der Waals surface area contributed by atoms with E-state index in [0.29, 0.717) is 26.4 Å². The van der Waals surface area contributed by atoms with Gasteiger partial charge in [-0.3, -0.25) is 0 Å². The van der Waals surface area contributed by atoms with Gasteiger partial charge in [0.15, 0.2) is 0 Å². The Balaban J connectivity index is 2.87. The Labute approximate surface area is 90.9 Å². The number of rotatable bonds is 8. The second-order valence-electron chi connectivity index (χ2n) is 2.15. The van der Waals surface area contributed by atoms with Gasteiger partial charge in [-0.05, 0) is 0 Å². The van der Waals surface area contributed by atoms with Crippen LogP contribution >= 0.6 is 22.6 Å². The number of carbonyl (C=O) groups is 1. The molecule has 0 radical (unpaired) electrons. The average molecular weight is 303 g/mol. The Bertz CT molecular complexity index is 134. The highest BCUT2D eigenvalue weighted by atomic mass is 127. The van der Waals surface area contributed by atoms with E-state index in [0.717, 1.165) is 11.0 Å². The van der Waals surface area contributed by atoms with Crippen molar-refractivity contribution >= 4 is 28.7 Å². The van der Waals surface area contributed by atoms with E-state index in [1.807, 2.05) is 0 Å². The first kappa shape index (κ1) is 12.9. The molecule has 6 heteroatoms. The molecule has 0 aliphatic rings. The van der Waals surface area contributed by atoms with E-state index < -0.39 is 6.09 Å². The summed E-state index contributed by atoms with van der Waals surface area (Å²) in [6.07, 6.45) is -1.02. The molecular weight excluding hydrogens is 289 g/mol. The SMILES string of the molecule is O=C(O)NCCOCCOCCI. The van der Waals surface area contributed by atoms with Crippen LogP contribution in [0.1, 0.15) is 0 Å². The van der Waals surface area contributed by atoms with Crippen LogP contribution in [0, 0.1) is 0 Å². The highest BCUT2D eigenvalue weighted by Crippen LogP contribution is 1.83. The van der Waals surface area contributed by atoms with Gasteiger partial charge < -0.3 is 19.9 Å². The van der Waals surface area contributed by atoms with Crippen LogP contribution in [0.15, 0.2) is 0 Å². The summed E-state index contributed by atoms with van der Waals surface area (Å²) >= 11 is 2.23. The van der Waals surface area contributed by atoms with E-state index in [-0.39, 0.29) is 0 Å². The fourth-order valence-electron chi connectivity index (χ4n) is 0.607. The number of hydrogen-bond acceptors (Lipinski definition) is 3. The molecule has 13 heavy (non-hydrogen) atoms. The standard InChI is InChI=1S/C7H14INO4/c8-1-3-12-5-6-13-4-2-9-7(10)11/h9H,1-6H2,(H,10,11). The minimum absolute atomic E-state index is 0.321. The number of halogens is 1. The maximum absolute atomic E-state index is 9.98. The summed E-state index contributed by atoms with van der Waals surface area (Å²) in [5.74, 6) is 0. The van der Waals surface area contributed by atoms with Crippen molar-refractivity contribution < 1.29 is 19.4 Å². The van der Waals surface area contributed by atoms with Gasteiger partial charge in [-0.25, -0.2) is 4.79 Å². The molecule has 78 valence electrons. The molecule has 0 spiro atoms. The van der Waals surface area contributed by atoms with Crippen molar-refractivity contribution in [3.63, 3.8) is 0 Å². The van der Waals surface area contributed by atoms with Crippen LogP contribution in [-0.4, -0.2) is 48.6 Å². The summed E-state index contributed by atoms with van der Waals surface area (Å²) in [5, 5.41) is 10.4. The first-order valence-corrected chi connectivity index (χ1v) is 5.48. The van der Waals surface area contributed by atoms with Crippen LogP contribution in [0.3, 0.4) is 0 Å². The van der Waals surface area contributed by atoms with Gasteiger partial charge in [0, 0.05) is 11.0 Å². The molecule has 1 amide bonds. The maximum Gasteiger partial charge on any atom is 0.404 e. The third kappa shape index (κ3) is 11.9. The zero-order chi connectivity index (χ0) is 9.94. The maximum atomic E-state index is 9.98. The summed E-state index contributed by atoms with van der Waals surface area (Å²) in [6.45, 7) is 2.52. The highest BCUT2D eigenvalue weighted by molar-refractivity contribution is 14.1. The molecule has 0 heterocycles. The molecule has 0 unspecified atom stereocenters. The lowest BCUT2D eigenvalue weighted by Crippen LogP contribution is -2.25. The Morgan fingerprint density at radius 1 is 1.23 bits per heavy atom. The molecule has 0 aliphatic carbocycles. The van der Waals surface area contributed by atoms with Crippen LogP contribution in [0.2, 0.25) is 0 Å². The molecule has 0 bridgehead atoms. The van der Waals surface area contributed by atoms with E-state index in [2.05, 4.69) is 27.9 Å². The van der Waals surface area contributed by atoms with Crippen molar-refractivity contribution in [2.45, 2.75) is 0 Å². The molecule has 0 rings (SSSR count). The van der Waals surface area contributed by atoms with Crippen molar-refractivity contribution in [2.75, 3.05) is 37.4 Å². The van der Waals surface area contributed by atoms with Gasteiger partial charge in [-0.2, -0.15) is 0 Å². The number of nitrogens with one attached hydrogen (secondary N) is 1. The molecule has 0 saturated heterocycles. The van der Waals surface area contributed by atoms with Crippen LogP contribution < -0.4 is 5.32 Å². The molecule has 0 fully saturated rings. The lowest BCUT2D eigenvalue weighted by atomic mass is 10.6. The number of ether oxygens (including phenoxy) is 2. The lowest BCUT2D eigenvalue weighted by Gasteiger charge is -2.04. The van der Waals surface area contributed by atoms with Crippen LogP contribution in [0.4, 0.5) is 4.79 Å². The lowest BCUT2D eigenvalue weighted by molar-refractivity contribution is 0.0555. The van der Waals surface area contributed by atoms with E-state index >= 15 is 0 Å². The predicted octanol–water partition coefficient (Wildman–Crippen LogP) is 0.722. The average Bonchev–Trinajstić information content (AvgIpc) is 2.09. The minimum atomic E-state index is -1.02. The van der Waals surface area contributed by atoms with Crippen LogP contribution in [0.25, 0.3) is 0 Å². The van der Waals surface area contributed by atoms with E-state index in [1.54, 1.807) is 0 Å². The van der Waals surface area contributed by atoms with E-state index in [1.165, 1.54) is 0 Å². The molecule has 0 atom stereocenters. The summed E-state index contributed by atoms with van der Waals surface area (Å²) in [5.41, 5.74) is 0. The topological polar surface area (TPSA) is 67.8 Å². The van der Waals surface area contributed by atoms with Crippen LogP contribution in [0.5, 0.6) is 0 Å². The monoisotopic (exact) mass is 303 g/mol. The molecule has 0 aromatic rings. The Morgan fingerprint density at radius 3 is 2.38 bits per heavy atom. The molecule has 5 nitrogen and oxygen atoms in total. The first-order chi connectivity index (χ1) is 6.27. The number of amides is 1. The van der Waals surface area contributed by atoms with Crippen molar-refractivity contribution in [1.82, 2.24) is 5.32 Å². The third-order valence-corrected chi connectivity index (χ3v) is 1.56. The highest BCUT2D eigenvalue weighted by Gasteiger charge is 1.92. The summed E-state index contributed by atoms with van der Waals surface area (Å²) in [6, 6.07) is 0. The Kier molecular flexibility index (Phi) is 9.94. The first-order valence-electron chi connectivity index (χ1n) is 3.95. The summed E-state index contributed by atoms with van der Waals surface area (Å²) in [4.78, 5) is 9.98. The van der Waals surface area contributed by atoms with Gasteiger partial charge in [0.1, 0.15) is 0 Å². The molecular formula is C7H14INO4. The molecule has 0 aliphatic heterocycles. The van der Waals surface area contributed by atoms with Crippen molar-refractivity contribution in [3.8, 4) is 0 Å². The fraction of sp³-hybridized carbons (Fsp3) is 0.857. The van der Waals surface area contributed by atoms with Crippen molar-refractivity contribution in [3.05, 3.63) is 0 Å². The third-order valence-electron chi connectivity index (χ3n) is 1.12. The van der Waals surface area contributed by atoms with E-state index in [9.17, 15) is 4.79 Å². The normalized spacial score (nSPS) is 9.92. The van der Waals surface area contributed by atoms with Crippen molar-refractivity contribution in [1.29, 1.82) is 0 Å². The molecule has 2 N–H and O–H groups in total. The zero-order valence-electron chi connectivity index (χ0n) is 7.29. The fourth-order valence-corrected chi connectivity index (χ4v) is 0.918. The molecule has 0 aromatic heterocycles. The van der Waals surface area contributed by atoms with Crippen LogP contribution in [-0.2, 0) is 9.47 Å². The van der Waals surface area contributed by atoms with Gasteiger partial charge in [0.05, 0.1) is 26.4 Å². The van der Waals surface area contributed by atoms with E-state index in [4.69, 9.17) is 14.6 Å². The quantitative estimate of drug-likeness (QED) is 0.394. The number of carboxylic acid groups (broad SMARTS) is 1. The van der Waals surface area contributed by atoms with Gasteiger partial charge in [0.25, 0.3) is 0 Å². The summed E-state index contributed by atoms with van der Waals surface area (Å²) < 4.78 is 11.2. The van der Waals surface area contributed by atoms with Gasteiger partial charge >= 0.3 is 6.09 Å². The predicted molar refractivity (Wildman–Crippen MR) is 56.6 cm³/mol.